The Bertz CT molecular complexity index is 452. The van der Waals surface area contributed by atoms with Crippen LogP contribution in [0.25, 0.3) is 0 Å². The molecule has 2 rings (SSSR count). The van der Waals surface area contributed by atoms with Crippen LogP contribution in [0.5, 0.6) is 0 Å². The summed E-state index contributed by atoms with van der Waals surface area (Å²) in [6.07, 6.45) is -1.75. The lowest BCUT2D eigenvalue weighted by atomic mass is 10.1. The molecule has 9 nitrogen and oxygen atoms in total. The summed E-state index contributed by atoms with van der Waals surface area (Å²) in [6, 6.07) is 0. The molecule has 0 spiro atoms. The van der Waals surface area contributed by atoms with Gasteiger partial charge < -0.3 is 20.6 Å². The van der Waals surface area contributed by atoms with Crippen molar-refractivity contribution in [2.75, 3.05) is 5.32 Å². The van der Waals surface area contributed by atoms with Gasteiger partial charge in [-0.15, -0.1) is 0 Å². The summed E-state index contributed by atoms with van der Waals surface area (Å²) in [5.41, 5.74) is 11.4. The van der Waals surface area contributed by atoms with Crippen molar-refractivity contribution in [3.8, 4) is 0 Å². The largest absolute Gasteiger partial charge is 0.390 e. The monoisotopic (exact) mass is 256 g/mol. The Hall–Kier alpha value is -1.36. The molecule has 0 radical (unpaired) electrons. The molecule has 0 bridgehead atoms. The zero-order valence-electron chi connectivity index (χ0n) is 9.70. The Balaban J connectivity index is 2.41. The lowest BCUT2D eigenvalue weighted by molar-refractivity contribution is -0.0110. The van der Waals surface area contributed by atoms with Crippen molar-refractivity contribution >= 4 is 5.82 Å². The highest BCUT2D eigenvalue weighted by molar-refractivity contribution is 5.46. The van der Waals surface area contributed by atoms with Gasteiger partial charge in [-0.2, -0.15) is 0 Å². The summed E-state index contributed by atoms with van der Waals surface area (Å²) in [5.74, 6) is -1.75. The molecule has 0 saturated carbocycles. The first-order chi connectivity index (χ1) is 8.31. The smallest absolute Gasteiger partial charge is 0.220 e. The van der Waals surface area contributed by atoms with E-state index in [2.05, 4.69) is 20.6 Å². The first-order valence-electron chi connectivity index (χ1n) is 5.36. The maximum Gasteiger partial charge on any atom is 0.220 e. The summed E-state index contributed by atoms with van der Waals surface area (Å²) in [6.45, 7) is 1.42. The first kappa shape index (κ1) is 13.1. The average molecular weight is 256 g/mol. The number of aliphatic hydroxyl groups excluding tert-OH is 2. The molecule has 0 aliphatic carbocycles. The molecule has 9 heteroatoms. The highest BCUT2D eigenvalue weighted by Gasteiger charge is 2.36. The zero-order chi connectivity index (χ0) is 13.5. The molecule has 1 aliphatic rings. The van der Waals surface area contributed by atoms with E-state index in [4.69, 9.17) is 11.5 Å². The standard InChI is InChI=1S/C9H16N6O3/c1-3(16)5(17)4-2-12-6-7(13-4)14-8(10)15-9(6,11)18/h2-3,5,8,15-18H,10-11H2,1H3,(H,13,14). The number of nitrogens with one attached hydrogen (secondary N) is 2. The number of anilines is 1. The van der Waals surface area contributed by atoms with E-state index in [0.717, 1.165) is 0 Å². The van der Waals surface area contributed by atoms with Gasteiger partial charge in [0.05, 0.1) is 18.0 Å². The molecule has 4 unspecified atom stereocenters. The van der Waals surface area contributed by atoms with Crippen LogP contribution in [0.15, 0.2) is 6.20 Å². The Labute approximate surface area is 103 Å². The Kier molecular flexibility index (Phi) is 3.19. The fourth-order valence-electron chi connectivity index (χ4n) is 1.66. The first-order valence-corrected chi connectivity index (χ1v) is 5.36. The molecule has 0 aromatic carbocycles. The van der Waals surface area contributed by atoms with Crippen molar-refractivity contribution in [1.82, 2.24) is 15.3 Å². The predicted molar refractivity (Wildman–Crippen MR) is 61.5 cm³/mol. The van der Waals surface area contributed by atoms with E-state index in [1.807, 2.05) is 0 Å². The minimum Gasteiger partial charge on any atom is -0.390 e. The van der Waals surface area contributed by atoms with Crippen LogP contribution < -0.4 is 22.1 Å². The van der Waals surface area contributed by atoms with E-state index in [1.54, 1.807) is 0 Å². The minimum absolute atomic E-state index is 0.0609. The van der Waals surface area contributed by atoms with Crippen LogP contribution in [0, 0.1) is 0 Å². The van der Waals surface area contributed by atoms with Gasteiger partial charge >= 0.3 is 0 Å². The number of aromatic nitrogens is 2. The highest BCUT2D eigenvalue weighted by atomic mass is 16.3. The number of nitrogens with zero attached hydrogens (tertiary/aromatic N) is 2. The van der Waals surface area contributed by atoms with Gasteiger partial charge in [-0.25, -0.2) is 15.3 Å². The third-order valence-electron chi connectivity index (χ3n) is 2.58. The zero-order valence-corrected chi connectivity index (χ0v) is 9.70. The Morgan fingerprint density at radius 3 is 2.78 bits per heavy atom. The summed E-state index contributed by atoms with van der Waals surface area (Å²) < 4.78 is 0. The van der Waals surface area contributed by atoms with Gasteiger partial charge in [-0.1, -0.05) is 0 Å². The Morgan fingerprint density at radius 2 is 2.17 bits per heavy atom. The van der Waals surface area contributed by atoms with Crippen molar-refractivity contribution in [3.05, 3.63) is 17.6 Å². The van der Waals surface area contributed by atoms with E-state index < -0.39 is 24.3 Å². The van der Waals surface area contributed by atoms with E-state index in [9.17, 15) is 15.3 Å². The molecule has 0 amide bonds. The lowest BCUT2D eigenvalue weighted by Crippen LogP contribution is -2.63. The van der Waals surface area contributed by atoms with Gasteiger partial charge in [0.15, 0.2) is 5.82 Å². The second-order valence-electron chi connectivity index (χ2n) is 4.21. The molecule has 1 aromatic rings. The molecule has 0 saturated heterocycles. The summed E-state index contributed by atoms with van der Waals surface area (Å²) >= 11 is 0. The molecule has 100 valence electrons. The van der Waals surface area contributed by atoms with E-state index >= 15 is 0 Å². The Morgan fingerprint density at radius 1 is 1.50 bits per heavy atom. The van der Waals surface area contributed by atoms with Gasteiger partial charge in [-0.3, -0.25) is 11.5 Å². The summed E-state index contributed by atoms with van der Waals surface area (Å²) in [7, 11) is 0. The maximum absolute atomic E-state index is 9.87. The second-order valence-corrected chi connectivity index (χ2v) is 4.21. The van der Waals surface area contributed by atoms with Gasteiger partial charge in [0.2, 0.25) is 5.85 Å². The van der Waals surface area contributed by atoms with Gasteiger partial charge in [0.1, 0.15) is 18.1 Å². The normalized spacial score (nSPS) is 30.2. The van der Waals surface area contributed by atoms with Crippen molar-refractivity contribution in [3.63, 3.8) is 0 Å². The molecule has 0 fully saturated rings. The molecule has 9 N–H and O–H groups in total. The average Bonchev–Trinajstić information content (AvgIpc) is 2.25. The maximum atomic E-state index is 9.87. The summed E-state index contributed by atoms with van der Waals surface area (Å²) in [5, 5.41) is 34.0. The predicted octanol–water partition coefficient (Wildman–Crippen LogP) is -2.79. The van der Waals surface area contributed by atoms with Crippen molar-refractivity contribution in [2.24, 2.45) is 11.5 Å². The van der Waals surface area contributed by atoms with Gasteiger partial charge in [-0.05, 0) is 6.92 Å². The molecular weight excluding hydrogens is 240 g/mol. The second kappa shape index (κ2) is 4.39. The molecular formula is C9H16N6O3. The molecule has 2 heterocycles. The number of fused-ring (bicyclic) bond motifs is 1. The van der Waals surface area contributed by atoms with Gasteiger partial charge in [0, 0.05) is 0 Å². The molecule has 1 aromatic heterocycles. The van der Waals surface area contributed by atoms with Crippen LogP contribution in [0.2, 0.25) is 0 Å². The number of hydrogen-bond acceptors (Lipinski definition) is 9. The van der Waals surface area contributed by atoms with Crippen LogP contribution in [-0.2, 0) is 5.85 Å². The van der Waals surface area contributed by atoms with E-state index in [1.165, 1.54) is 13.1 Å². The van der Waals surface area contributed by atoms with Crippen LogP contribution in [-0.4, -0.2) is 37.7 Å². The van der Waals surface area contributed by atoms with Gasteiger partial charge in [0.25, 0.3) is 0 Å². The van der Waals surface area contributed by atoms with Crippen LogP contribution in [0.1, 0.15) is 24.4 Å². The number of hydrogen-bond donors (Lipinski definition) is 7. The quantitative estimate of drug-likeness (QED) is 0.277. The summed E-state index contributed by atoms with van der Waals surface area (Å²) in [4.78, 5) is 7.96. The third-order valence-corrected chi connectivity index (χ3v) is 2.58. The van der Waals surface area contributed by atoms with Crippen molar-refractivity contribution in [1.29, 1.82) is 0 Å². The number of rotatable bonds is 2. The van der Waals surface area contributed by atoms with Crippen molar-refractivity contribution < 1.29 is 15.3 Å². The number of nitrogens with two attached hydrogens (primary N) is 2. The lowest BCUT2D eigenvalue weighted by Gasteiger charge is -2.34. The third kappa shape index (κ3) is 2.27. The van der Waals surface area contributed by atoms with Crippen LogP contribution in [0.4, 0.5) is 5.82 Å². The minimum atomic E-state index is -1.90. The fraction of sp³-hybridized carbons (Fsp3) is 0.556. The highest BCUT2D eigenvalue weighted by Crippen LogP contribution is 2.25. The van der Waals surface area contributed by atoms with E-state index in [-0.39, 0.29) is 17.2 Å². The van der Waals surface area contributed by atoms with Crippen LogP contribution >= 0.6 is 0 Å². The fourth-order valence-corrected chi connectivity index (χ4v) is 1.66. The SMILES string of the molecule is CC(O)C(O)c1cnc2c(n1)NC(N)NC2(N)O. The molecule has 1 aliphatic heterocycles. The van der Waals surface area contributed by atoms with Crippen molar-refractivity contribution in [2.45, 2.75) is 31.3 Å². The number of aliphatic hydroxyl groups is 3. The van der Waals surface area contributed by atoms with E-state index in [0.29, 0.717) is 0 Å². The van der Waals surface area contributed by atoms with Crippen LogP contribution in [0.3, 0.4) is 0 Å². The topological polar surface area (TPSA) is 163 Å². The molecule has 18 heavy (non-hydrogen) atoms. The molecule has 4 atom stereocenters.